The van der Waals surface area contributed by atoms with Crippen molar-refractivity contribution in [2.45, 2.75) is 32.7 Å². The lowest BCUT2D eigenvalue weighted by Gasteiger charge is -2.08. The summed E-state index contributed by atoms with van der Waals surface area (Å²) >= 11 is 0. The largest absolute Gasteiger partial charge is 0.478 e. The van der Waals surface area contributed by atoms with Gasteiger partial charge in [-0.1, -0.05) is 31.5 Å². The van der Waals surface area contributed by atoms with Gasteiger partial charge in [0, 0.05) is 12.6 Å². The van der Waals surface area contributed by atoms with Crippen LogP contribution in [0, 0.1) is 0 Å². The van der Waals surface area contributed by atoms with Crippen LogP contribution in [0.25, 0.3) is 33.7 Å². The quantitative estimate of drug-likeness (QED) is 0.378. The van der Waals surface area contributed by atoms with Crippen LogP contribution in [0.2, 0.25) is 0 Å². The second-order valence-electron chi connectivity index (χ2n) is 7.74. The van der Waals surface area contributed by atoms with Crippen LogP contribution in [-0.4, -0.2) is 30.6 Å². The summed E-state index contributed by atoms with van der Waals surface area (Å²) in [7, 11) is 0. The van der Waals surface area contributed by atoms with Crippen LogP contribution in [0.4, 0.5) is 0 Å². The fourth-order valence-electron chi connectivity index (χ4n) is 3.92. The van der Waals surface area contributed by atoms with Gasteiger partial charge in [-0.25, -0.2) is 19.7 Å². The molecule has 0 bridgehead atoms. The lowest BCUT2D eigenvalue weighted by atomic mass is 10.1. The van der Waals surface area contributed by atoms with Crippen molar-refractivity contribution in [2.24, 2.45) is 0 Å². The normalized spacial score (nSPS) is 11.4. The molecule has 0 saturated heterocycles. The van der Waals surface area contributed by atoms with Crippen LogP contribution in [0.5, 0.6) is 0 Å². The van der Waals surface area contributed by atoms with Crippen LogP contribution in [-0.2, 0) is 13.0 Å². The highest BCUT2D eigenvalue weighted by Crippen LogP contribution is 2.28. The lowest BCUT2D eigenvalue weighted by molar-refractivity contribution is 0.0697. The van der Waals surface area contributed by atoms with Crippen LogP contribution in [0.15, 0.2) is 65.2 Å². The molecule has 5 rings (SSSR count). The number of nitrogens with zero attached hydrogens (tertiary/aromatic N) is 4. The predicted molar refractivity (Wildman–Crippen MR) is 122 cm³/mol. The molecule has 3 aromatic heterocycles. The van der Waals surface area contributed by atoms with E-state index in [0.29, 0.717) is 29.1 Å². The maximum absolute atomic E-state index is 11.6. The van der Waals surface area contributed by atoms with E-state index < -0.39 is 5.97 Å². The number of hydrogen-bond donors (Lipinski definition) is 1. The van der Waals surface area contributed by atoms with Crippen molar-refractivity contribution >= 4 is 28.2 Å². The van der Waals surface area contributed by atoms with E-state index in [2.05, 4.69) is 21.5 Å². The molecule has 0 atom stereocenters. The number of aromatic carboxylic acids is 1. The maximum atomic E-state index is 11.6. The average Bonchev–Trinajstić information content (AvgIpc) is 3.39. The minimum atomic E-state index is -1.01. The molecule has 2 aromatic carbocycles. The minimum absolute atomic E-state index is 0.163. The average molecular weight is 426 g/mol. The molecule has 160 valence electrons. The van der Waals surface area contributed by atoms with Gasteiger partial charge in [0.05, 0.1) is 17.7 Å². The second-order valence-corrected chi connectivity index (χ2v) is 7.74. The van der Waals surface area contributed by atoms with Crippen molar-refractivity contribution in [1.29, 1.82) is 0 Å². The Morgan fingerprint density at radius 2 is 1.94 bits per heavy atom. The van der Waals surface area contributed by atoms with Crippen molar-refractivity contribution in [3.05, 3.63) is 77.7 Å². The van der Waals surface area contributed by atoms with Gasteiger partial charge in [-0.3, -0.25) is 0 Å². The molecule has 0 aliphatic carbocycles. The minimum Gasteiger partial charge on any atom is -0.478 e. The van der Waals surface area contributed by atoms with E-state index in [1.54, 1.807) is 30.5 Å². The summed E-state index contributed by atoms with van der Waals surface area (Å²) in [5.74, 6) is 0.313. The first kappa shape index (κ1) is 19.9. The van der Waals surface area contributed by atoms with Gasteiger partial charge >= 0.3 is 5.97 Å². The first-order valence-corrected chi connectivity index (χ1v) is 10.7. The van der Waals surface area contributed by atoms with Gasteiger partial charge in [-0.2, -0.15) is 0 Å². The van der Waals surface area contributed by atoms with Gasteiger partial charge in [0.25, 0.3) is 0 Å². The molecule has 5 aromatic rings. The van der Waals surface area contributed by atoms with Gasteiger partial charge in [0.15, 0.2) is 11.2 Å². The zero-order valence-electron chi connectivity index (χ0n) is 17.7. The highest BCUT2D eigenvalue weighted by atomic mass is 16.4. The first-order chi connectivity index (χ1) is 15.6. The van der Waals surface area contributed by atoms with E-state index in [0.717, 1.165) is 41.8 Å². The number of fused-ring (bicyclic) bond motifs is 2. The second kappa shape index (κ2) is 8.26. The van der Waals surface area contributed by atoms with Gasteiger partial charge < -0.3 is 14.1 Å². The molecular formula is C25H22N4O3. The highest BCUT2D eigenvalue weighted by Gasteiger charge is 2.17. The third-order valence-corrected chi connectivity index (χ3v) is 5.52. The molecule has 0 fully saturated rings. The molecule has 32 heavy (non-hydrogen) atoms. The number of unbranched alkanes of at least 4 members (excludes halogenated alkanes) is 1. The summed E-state index contributed by atoms with van der Waals surface area (Å²) in [6.07, 6.45) is 4.85. The molecule has 0 radical (unpaired) electrons. The molecule has 0 saturated carbocycles. The topological polar surface area (TPSA) is 94.0 Å². The Morgan fingerprint density at radius 1 is 1.06 bits per heavy atom. The standard InChI is InChI=1S/C25H22N4O3/c1-2-3-10-22-27-19-9-6-13-26-23(19)29(22)15-16-11-12-21-20(14-16)28-24(32-21)17-7-4-5-8-18(17)25(30)31/h4-9,11-14H,2-3,10,15H2,1H3,(H,30,31). The molecule has 3 heterocycles. The predicted octanol–water partition coefficient (Wildman–Crippen LogP) is 5.33. The molecule has 7 heteroatoms. The molecule has 7 nitrogen and oxygen atoms in total. The Morgan fingerprint density at radius 3 is 2.78 bits per heavy atom. The van der Waals surface area contributed by atoms with Crippen LogP contribution >= 0.6 is 0 Å². The van der Waals surface area contributed by atoms with E-state index in [1.165, 1.54) is 0 Å². The number of carbonyl (C=O) groups is 1. The summed E-state index contributed by atoms with van der Waals surface area (Å²) in [5.41, 5.74) is 4.74. The fourth-order valence-corrected chi connectivity index (χ4v) is 3.92. The number of imidazole rings is 1. The molecule has 0 spiro atoms. The van der Waals surface area contributed by atoms with E-state index in [9.17, 15) is 9.90 Å². The summed E-state index contributed by atoms with van der Waals surface area (Å²) in [4.78, 5) is 25.5. The number of aryl methyl sites for hydroxylation is 1. The molecule has 0 amide bonds. The number of hydrogen-bond acceptors (Lipinski definition) is 5. The Bertz CT molecular complexity index is 1430. The Balaban J connectivity index is 1.53. The number of rotatable bonds is 7. The van der Waals surface area contributed by atoms with Crippen LogP contribution < -0.4 is 0 Å². The number of carboxylic acids is 1. The van der Waals surface area contributed by atoms with Gasteiger partial charge in [-0.05, 0) is 48.4 Å². The van der Waals surface area contributed by atoms with Gasteiger partial charge in [0.1, 0.15) is 16.9 Å². The fraction of sp³-hybridized carbons (Fsp3) is 0.200. The van der Waals surface area contributed by atoms with Crippen molar-refractivity contribution in [3.63, 3.8) is 0 Å². The van der Waals surface area contributed by atoms with Gasteiger partial charge in [-0.15, -0.1) is 0 Å². The summed E-state index contributed by atoms with van der Waals surface area (Å²) < 4.78 is 8.04. The Hall–Kier alpha value is -4.00. The number of benzene rings is 2. The smallest absolute Gasteiger partial charge is 0.336 e. The SMILES string of the molecule is CCCCc1nc2cccnc2n1Cc1ccc2oc(-c3ccccc3C(=O)O)nc2c1. The Labute approximate surface area is 184 Å². The molecule has 0 unspecified atom stereocenters. The zero-order valence-corrected chi connectivity index (χ0v) is 17.7. The van der Waals surface area contributed by atoms with E-state index in [4.69, 9.17) is 9.40 Å². The molecule has 1 N–H and O–H groups in total. The highest BCUT2D eigenvalue weighted by molar-refractivity contribution is 5.95. The molecule has 0 aliphatic heterocycles. The van der Waals surface area contributed by atoms with Crippen molar-refractivity contribution in [1.82, 2.24) is 19.5 Å². The number of aromatic nitrogens is 4. The van der Waals surface area contributed by atoms with Crippen LogP contribution in [0.1, 0.15) is 41.5 Å². The van der Waals surface area contributed by atoms with Crippen molar-refractivity contribution < 1.29 is 14.3 Å². The number of oxazole rings is 1. The monoisotopic (exact) mass is 426 g/mol. The molecule has 0 aliphatic rings. The Kier molecular flexibility index (Phi) is 5.15. The first-order valence-electron chi connectivity index (χ1n) is 10.7. The number of pyridine rings is 1. The zero-order chi connectivity index (χ0) is 22.1. The summed E-state index contributed by atoms with van der Waals surface area (Å²) in [6.45, 7) is 2.79. The lowest BCUT2D eigenvalue weighted by Crippen LogP contribution is -2.06. The molecular weight excluding hydrogens is 404 g/mol. The van der Waals surface area contributed by atoms with E-state index in [1.807, 2.05) is 30.3 Å². The maximum Gasteiger partial charge on any atom is 0.336 e. The van der Waals surface area contributed by atoms with Crippen LogP contribution in [0.3, 0.4) is 0 Å². The summed E-state index contributed by atoms with van der Waals surface area (Å²) in [5, 5.41) is 9.48. The van der Waals surface area contributed by atoms with E-state index in [-0.39, 0.29) is 5.56 Å². The van der Waals surface area contributed by atoms with Crippen molar-refractivity contribution in [2.75, 3.05) is 0 Å². The third-order valence-electron chi connectivity index (χ3n) is 5.52. The van der Waals surface area contributed by atoms with Crippen molar-refractivity contribution in [3.8, 4) is 11.5 Å². The third kappa shape index (κ3) is 3.62. The summed E-state index contributed by atoms with van der Waals surface area (Å²) in [6, 6.07) is 16.5. The van der Waals surface area contributed by atoms with Gasteiger partial charge in [0.2, 0.25) is 5.89 Å². The number of carboxylic acid groups (broad SMARTS) is 1. The van der Waals surface area contributed by atoms with E-state index >= 15 is 0 Å².